The van der Waals surface area contributed by atoms with E-state index in [0.717, 1.165) is 29.4 Å². The lowest BCUT2D eigenvalue weighted by atomic mass is 10.0. The second-order valence-corrected chi connectivity index (χ2v) is 4.33. The topological polar surface area (TPSA) is 56.3 Å². The molecule has 0 aliphatic carbocycles. The first-order chi connectivity index (χ1) is 9.74. The number of aldehydes is 1. The second-order valence-electron chi connectivity index (χ2n) is 4.33. The predicted molar refractivity (Wildman–Crippen MR) is 75.4 cm³/mol. The van der Waals surface area contributed by atoms with Crippen LogP contribution in [0, 0.1) is 0 Å². The van der Waals surface area contributed by atoms with E-state index in [1.807, 2.05) is 30.3 Å². The van der Waals surface area contributed by atoms with Crippen LogP contribution in [0.5, 0.6) is 0 Å². The molecule has 0 atom stereocenters. The first-order valence-electron chi connectivity index (χ1n) is 6.32. The minimum atomic E-state index is -0.448. The number of aryl methyl sites for hydroxylation is 1. The average molecular weight is 269 g/mol. The number of aromatic nitrogens is 1. The van der Waals surface area contributed by atoms with E-state index in [2.05, 4.69) is 9.72 Å². The smallest absolute Gasteiger partial charge is 0.356 e. The van der Waals surface area contributed by atoms with Crippen LogP contribution in [-0.4, -0.2) is 24.3 Å². The number of pyridine rings is 1. The van der Waals surface area contributed by atoms with Crippen LogP contribution in [0.3, 0.4) is 0 Å². The Balaban J connectivity index is 2.22. The van der Waals surface area contributed by atoms with Gasteiger partial charge in [-0.2, -0.15) is 0 Å². The third kappa shape index (κ3) is 3.29. The number of carbonyl (C=O) groups excluding carboxylic acids is 2. The molecule has 0 unspecified atom stereocenters. The quantitative estimate of drug-likeness (QED) is 0.618. The van der Waals surface area contributed by atoms with Crippen LogP contribution < -0.4 is 0 Å². The molecule has 2 rings (SSSR count). The van der Waals surface area contributed by atoms with Gasteiger partial charge in [0.1, 0.15) is 12.0 Å². The summed E-state index contributed by atoms with van der Waals surface area (Å²) in [6.45, 7) is 0. The predicted octanol–water partition coefficient (Wildman–Crippen LogP) is 2.67. The highest BCUT2D eigenvalue weighted by atomic mass is 16.5. The van der Waals surface area contributed by atoms with Crippen LogP contribution in [0.2, 0.25) is 0 Å². The Kier molecular flexibility index (Phi) is 4.60. The molecule has 0 fully saturated rings. The van der Waals surface area contributed by atoms with Crippen molar-refractivity contribution in [2.24, 2.45) is 0 Å². The van der Waals surface area contributed by atoms with Gasteiger partial charge in [-0.25, -0.2) is 9.78 Å². The molecule has 2 aromatic rings. The van der Waals surface area contributed by atoms with E-state index in [0.29, 0.717) is 6.42 Å². The normalized spacial score (nSPS) is 10.1. The van der Waals surface area contributed by atoms with Crippen LogP contribution in [0.15, 0.2) is 42.6 Å². The molecule has 0 spiro atoms. The Morgan fingerprint density at radius 2 is 2.10 bits per heavy atom. The molecular weight excluding hydrogens is 254 g/mol. The van der Waals surface area contributed by atoms with E-state index in [1.54, 1.807) is 12.3 Å². The number of ether oxygens (including phenoxy) is 1. The molecule has 0 amide bonds. The molecule has 0 saturated heterocycles. The van der Waals surface area contributed by atoms with Crippen LogP contribution in [0.1, 0.15) is 22.5 Å². The second kappa shape index (κ2) is 6.61. The van der Waals surface area contributed by atoms with E-state index in [9.17, 15) is 9.59 Å². The summed E-state index contributed by atoms with van der Waals surface area (Å²) in [5.74, 6) is -0.448. The van der Waals surface area contributed by atoms with Crippen LogP contribution in [0.4, 0.5) is 0 Å². The van der Waals surface area contributed by atoms with Crippen molar-refractivity contribution in [1.82, 2.24) is 4.98 Å². The third-order valence-electron chi connectivity index (χ3n) is 2.97. The molecule has 0 aliphatic heterocycles. The molecule has 0 radical (unpaired) electrons. The molecule has 0 saturated carbocycles. The number of esters is 1. The number of rotatable bonds is 5. The lowest BCUT2D eigenvalue weighted by Gasteiger charge is -2.05. The number of carbonyl (C=O) groups is 2. The number of hydrogen-bond donors (Lipinski definition) is 0. The SMILES string of the molecule is COC(=O)c1ccc(-c2cccc(CCC=O)c2)cn1. The minimum Gasteiger partial charge on any atom is -0.464 e. The summed E-state index contributed by atoms with van der Waals surface area (Å²) in [4.78, 5) is 25.8. The van der Waals surface area contributed by atoms with Gasteiger partial charge < -0.3 is 9.53 Å². The highest BCUT2D eigenvalue weighted by molar-refractivity contribution is 5.87. The summed E-state index contributed by atoms with van der Waals surface area (Å²) in [5.41, 5.74) is 3.32. The molecular formula is C16H15NO3. The maximum absolute atomic E-state index is 11.3. The van der Waals surface area contributed by atoms with Crippen molar-refractivity contribution >= 4 is 12.3 Å². The summed E-state index contributed by atoms with van der Waals surface area (Å²) in [6, 6.07) is 11.4. The third-order valence-corrected chi connectivity index (χ3v) is 2.97. The van der Waals surface area contributed by atoms with Gasteiger partial charge in [0.05, 0.1) is 7.11 Å². The number of methoxy groups -OCH3 is 1. The number of nitrogens with zero attached hydrogens (tertiary/aromatic N) is 1. The molecule has 0 bridgehead atoms. The summed E-state index contributed by atoms with van der Waals surface area (Å²) >= 11 is 0. The van der Waals surface area contributed by atoms with E-state index in [-0.39, 0.29) is 5.69 Å². The summed E-state index contributed by atoms with van der Waals surface area (Å²) in [6.07, 6.45) is 3.80. The largest absolute Gasteiger partial charge is 0.464 e. The standard InChI is InChI=1S/C16H15NO3/c1-20-16(19)15-8-7-14(11-17-15)13-6-2-4-12(10-13)5-3-9-18/h2,4,6-11H,3,5H2,1H3. The van der Waals surface area contributed by atoms with Gasteiger partial charge in [-0.15, -0.1) is 0 Å². The molecule has 4 nitrogen and oxygen atoms in total. The molecule has 4 heteroatoms. The van der Waals surface area contributed by atoms with Gasteiger partial charge in [0.15, 0.2) is 0 Å². The van der Waals surface area contributed by atoms with Gasteiger partial charge in [-0.05, 0) is 23.6 Å². The van der Waals surface area contributed by atoms with Crippen LogP contribution in [0.25, 0.3) is 11.1 Å². The summed E-state index contributed by atoms with van der Waals surface area (Å²) in [7, 11) is 1.33. The Labute approximate surface area is 117 Å². The summed E-state index contributed by atoms with van der Waals surface area (Å²) < 4.78 is 4.61. The zero-order valence-corrected chi connectivity index (χ0v) is 11.2. The van der Waals surface area contributed by atoms with E-state index >= 15 is 0 Å². The number of hydrogen-bond acceptors (Lipinski definition) is 4. The highest BCUT2D eigenvalue weighted by Gasteiger charge is 2.07. The van der Waals surface area contributed by atoms with Crippen molar-refractivity contribution in [2.45, 2.75) is 12.8 Å². The fraction of sp³-hybridized carbons (Fsp3) is 0.188. The van der Waals surface area contributed by atoms with Crippen molar-refractivity contribution in [3.05, 3.63) is 53.9 Å². The maximum atomic E-state index is 11.3. The van der Waals surface area contributed by atoms with Crippen molar-refractivity contribution < 1.29 is 14.3 Å². The maximum Gasteiger partial charge on any atom is 0.356 e. The molecule has 102 valence electrons. The summed E-state index contributed by atoms with van der Waals surface area (Å²) in [5, 5.41) is 0. The first-order valence-corrected chi connectivity index (χ1v) is 6.32. The van der Waals surface area contributed by atoms with Gasteiger partial charge in [-0.1, -0.05) is 30.3 Å². The molecule has 1 heterocycles. The molecule has 1 aromatic carbocycles. The van der Waals surface area contributed by atoms with E-state index in [1.165, 1.54) is 7.11 Å². The molecule has 20 heavy (non-hydrogen) atoms. The van der Waals surface area contributed by atoms with Crippen molar-refractivity contribution in [3.63, 3.8) is 0 Å². The number of benzene rings is 1. The van der Waals surface area contributed by atoms with E-state index in [4.69, 9.17) is 0 Å². The van der Waals surface area contributed by atoms with Gasteiger partial charge >= 0.3 is 5.97 Å². The van der Waals surface area contributed by atoms with Gasteiger partial charge in [0.25, 0.3) is 0 Å². The Morgan fingerprint density at radius 1 is 1.25 bits per heavy atom. The van der Waals surface area contributed by atoms with Gasteiger partial charge in [-0.3, -0.25) is 0 Å². The zero-order chi connectivity index (χ0) is 14.4. The first kappa shape index (κ1) is 13.9. The van der Waals surface area contributed by atoms with Crippen LogP contribution >= 0.6 is 0 Å². The Bertz CT molecular complexity index is 605. The average Bonchev–Trinajstić information content (AvgIpc) is 2.52. The molecule has 1 aromatic heterocycles. The van der Waals surface area contributed by atoms with E-state index < -0.39 is 5.97 Å². The van der Waals surface area contributed by atoms with Crippen molar-refractivity contribution in [1.29, 1.82) is 0 Å². The Hall–Kier alpha value is -2.49. The van der Waals surface area contributed by atoms with Gasteiger partial charge in [0, 0.05) is 18.2 Å². The highest BCUT2D eigenvalue weighted by Crippen LogP contribution is 2.20. The fourth-order valence-corrected chi connectivity index (χ4v) is 1.92. The molecule has 0 N–H and O–H groups in total. The minimum absolute atomic E-state index is 0.286. The zero-order valence-electron chi connectivity index (χ0n) is 11.2. The van der Waals surface area contributed by atoms with Gasteiger partial charge in [0.2, 0.25) is 0 Å². The fourth-order valence-electron chi connectivity index (χ4n) is 1.92. The Morgan fingerprint density at radius 3 is 2.75 bits per heavy atom. The van der Waals surface area contributed by atoms with Crippen molar-refractivity contribution in [2.75, 3.05) is 7.11 Å². The van der Waals surface area contributed by atoms with Crippen molar-refractivity contribution in [3.8, 4) is 11.1 Å². The monoisotopic (exact) mass is 269 g/mol. The van der Waals surface area contributed by atoms with Crippen LogP contribution in [-0.2, 0) is 16.0 Å². The lowest BCUT2D eigenvalue weighted by molar-refractivity contribution is -0.107. The molecule has 0 aliphatic rings. The lowest BCUT2D eigenvalue weighted by Crippen LogP contribution is -2.03.